The number of hydrogen-bond acceptors (Lipinski definition) is 2. The Morgan fingerprint density at radius 3 is 2.41 bits per heavy atom. The lowest BCUT2D eigenvalue weighted by atomic mass is 10.2. The SMILES string of the molecule is CCOC(=O)c1c(Br)c(Br)n(Cc2ccc(F)cc2)c1CC. The normalized spacial score (nSPS) is 10.8. The fraction of sp³-hybridized carbons (Fsp3) is 0.312. The Morgan fingerprint density at radius 1 is 1.23 bits per heavy atom. The molecule has 0 unspecified atom stereocenters. The first kappa shape index (κ1) is 17.2. The number of nitrogens with zero attached hydrogens (tertiary/aromatic N) is 1. The summed E-state index contributed by atoms with van der Waals surface area (Å²) < 4.78 is 21.6. The number of rotatable bonds is 5. The fourth-order valence-electron chi connectivity index (χ4n) is 2.32. The predicted octanol–water partition coefficient (Wildman–Crippen LogP) is 4.94. The van der Waals surface area contributed by atoms with Crippen LogP contribution in [0.5, 0.6) is 0 Å². The third kappa shape index (κ3) is 3.43. The van der Waals surface area contributed by atoms with Gasteiger partial charge in [0, 0.05) is 12.2 Å². The highest BCUT2D eigenvalue weighted by molar-refractivity contribution is 9.13. The van der Waals surface area contributed by atoms with E-state index in [1.54, 1.807) is 19.1 Å². The highest BCUT2D eigenvalue weighted by Gasteiger charge is 2.24. The zero-order valence-corrected chi connectivity index (χ0v) is 15.5. The second kappa shape index (κ2) is 7.42. The van der Waals surface area contributed by atoms with E-state index in [1.807, 2.05) is 11.5 Å². The lowest BCUT2D eigenvalue weighted by molar-refractivity contribution is 0.0524. The summed E-state index contributed by atoms with van der Waals surface area (Å²) in [5.41, 5.74) is 2.37. The number of benzene rings is 1. The van der Waals surface area contributed by atoms with Gasteiger partial charge in [0.2, 0.25) is 0 Å². The van der Waals surface area contributed by atoms with Crippen LogP contribution in [0.1, 0.15) is 35.5 Å². The van der Waals surface area contributed by atoms with Gasteiger partial charge in [0.1, 0.15) is 10.4 Å². The molecule has 0 saturated carbocycles. The van der Waals surface area contributed by atoms with E-state index in [2.05, 4.69) is 31.9 Å². The number of hydrogen-bond donors (Lipinski definition) is 0. The zero-order valence-electron chi connectivity index (χ0n) is 12.3. The highest BCUT2D eigenvalue weighted by Crippen LogP contribution is 2.34. The van der Waals surface area contributed by atoms with E-state index in [9.17, 15) is 9.18 Å². The quantitative estimate of drug-likeness (QED) is 0.626. The number of aromatic nitrogens is 1. The van der Waals surface area contributed by atoms with Gasteiger partial charge in [0.25, 0.3) is 0 Å². The van der Waals surface area contributed by atoms with Crippen molar-refractivity contribution in [3.8, 4) is 0 Å². The maximum Gasteiger partial charge on any atom is 0.341 e. The van der Waals surface area contributed by atoms with Crippen LogP contribution < -0.4 is 0 Å². The average molecular weight is 433 g/mol. The molecule has 0 atom stereocenters. The first-order valence-corrected chi connectivity index (χ1v) is 8.56. The van der Waals surface area contributed by atoms with Crippen molar-refractivity contribution in [3.05, 3.63) is 56.0 Å². The predicted molar refractivity (Wildman–Crippen MR) is 90.7 cm³/mol. The largest absolute Gasteiger partial charge is 0.462 e. The topological polar surface area (TPSA) is 31.2 Å². The molecule has 2 aromatic rings. The molecule has 118 valence electrons. The summed E-state index contributed by atoms with van der Waals surface area (Å²) in [6.07, 6.45) is 0.680. The van der Waals surface area contributed by atoms with Gasteiger partial charge in [0.15, 0.2) is 0 Å². The third-order valence-electron chi connectivity index (χ3n) is 3.32. The standard InChI is InChI=1S/C16H16Br2FNO2/c1-3-12-13(16(21)22-4-2)14(17)15(18)20(12)9-10-5-7-11(19)8-6-10/h5-8H,3-4,9H2,1-2H3. The first-order valence-electron chi connectivity index (χ1n) is 6.97. The summed E-state index contributed by atoms with van der Waals surface area (Å²) >= 11 is 6.98. The van der Waals surface area contributed by atoms with Crippen LogP contribution in [0.15, 0.2) is 33.3 Å². The molecule has 0 N–H and O–H groups in total. The van der Waals surface area contributed by atoms with Crippen molar-refractivity contribution in [2.24, 2.45) is 0 Å². The highest BCUT2D eigenvalue weighted by atomic mass is 79.9. The van der Waals surface area contributed by atoms with Crippen molar-refractivity contribution >= 4 is 37.8 Å². The number of carbonyl (C=O) groups is 1. The van der Waals surface area contributed by atoms with E-state index in [1.165, 1.54) is 12.1 Å². The zero-order chi connectivity index (χ0) is 16.3. The lowest BCUT2D eigenvalue weighted by Crippen LogP contribution is -2.10. The van der Waals surface area contributed by atoms with Gasteiger partial charge in [-0.05, 0) is 62.9 Å². The molecule has 6 heteroatoms. The molecule has 3 nitrogen and oxygen atoms in total. The summed E-state index contributed by atoms with van der Waals surface area (Å²) in [7, 11) is 0. The first-order chi connectivity index (χ1) is 10.5. The van der Waals surface area contributed by atoms with Gasteiger partial charge in [-0.1, -0.05) is 19.1 Å². The minimum absolute atomic E-state index is 0.264. The molecule has 0 amide bonds. The Labute approximate surface area is 145 Å². The monoisotopic (exact) mass is 431 g/mol. The maximum atomic E-state index is 13.0. The van der Waals surface area contributed by atoms with Crippen molar-refractivity contribution < 1.29 is 13.9 Å². The average Bonchev–Trinajstić information content (AvgIpc) is 2.74. The molecule has 0 bridgehead atoms. The minimum atomic E-state index is -0.343. The van der Waals surface area contributed by atoms with Crippen molar-refractivity contribution in [3.63, 3.8) is 0 Å². The number of carbonyl (C=O) groups excluding carboxylic acids is 1. The van der Waals surface area contributed by atoms with E-state index >= 15 is 0 Å². The van der Waals surface area contributed by atoms with Gasteiger partial charge >= 0.3 is 5.97 Å². The summed E-state index contributed by atoms with van der Waals surface area (Å²) in [5, 5.41) is 0. The van der Waals surface area contributed by atoms with Crippen molar-refractivity contribution in [1.29, 1.82) is 0 Å². The Morgan fingerprint density at radius 2 is 1.86 bits per heavy atom. The van der Waals surface area contributed by atoms with Crippen LogP contribution in [-0.4, -0.2) is 17.1 Å². The van der Waals surface area contributed by atoms with Crippen LogP contribution in [0.25, 0.3) is 0 Å². The molecule has 1 heterocycles. The molecule has 0 radical (unpaired) electrons. The van der Waals surface area contributed by atoms with Crippen molar-refractivity contribution in [2.75, 3.05) is 6.61 Å². The molecule has 0 aliphatic carbocycles. The van der Waals surface area contributed by atoms with Gasteiger partial charge in [-0.25, -0.2) is 9.18 Å². The second-order valence-corrected chi connectivity index (χ2v) is 6.26. The molecule has 0 aliphatic rings. The molecule has 1 aromatic carbocycles. The van der Waals surface area contributed by atoms with E-state index in [0.29, 0.717) is 29.6 Å². The summed E-state index contributed by atoms with van der Waals surface area (Å²) in [4.78, 5) is 12.2. The Hall–Kier alpha value is -1.14. The minimum Gasteiger partial charge on any atom is -0.462 e. The lowest BCUT2D eigenvalue weighted by Gasteiger charge is -2.11. The van der Waals surface area contributed by atoms with Gasteiger partial charge in [0.05, 0.1) is 16.6 Å². The summed E-state index contributed by atoms with van der Waals surface area (Å²) in [5.74, 6) is -0.607. The van der Waals surface area contributed by atoms with Crippen LogP contribution in [0, 0.1) is 5.82 Å². The molecule has 0 fully saturated rings. The second-order valence-electron chi connectivity index (χ2n) is 4.71. The molecule has 22 heavy (non-hydrogen) atoms. The van der Waals surface area contributed by atoms with Crippen LogP contribution in [0.4, 0.5) is 4.39 Å². The van der Waals surface area contributed by atoms with Crippen LogP contribution in [0.3, 0.4) is 0 Å². The van der Waals surface area contributed by atoms with Gasteiger partial charge in [-0.15, -0.1) is 0 Å². The molecule has 0 aliphatic heterocycles. The van der Waals surface area contributed by atoms with Crippen LogP contribution >= 0.6 is 31.9 Å². The molecule has 2 rings (SSSR count). The number of ether oxygens (including phenoxy) is 1. The van der Waals surface area contributed by atoms with E-state index in [4.69, 9.17) is 4.74 Å². The molecule has 0 spiro atoms. The van der Waals surface area contributed by atoms with E-state index in [0.717, 1.165) is 15.9 Å². The van der Waals surface area contributed by atoms with E-state index in [-0.39, 0.29) is 11.8 Å². The summed E-state index contributed by atoms with van der Waals surface area (Å²) in [6.45, 7) is 4.64. The molecular formula is C16H16Br2FNO2. The Kier molecular flexibility index (Phi) is 5.81. The van der Waals surface area contributed by atoms with Gasteiger partial charge in [-0.3, -0.25) is 0 Å². The van der Waals surface area contributed by atoms with Crippen LogP contribution in [-0.2, 0) is 17.7 Å². The molecule has 1 aromatic heterocycles. The smallest absolute Gasteiger partial charge is 0.341 e. The molecule has 0 saturated heterocycles. The number of esters is 1. The number of halogens is 3. The third-order valence-corrected chi connectivity index (χ3v) is 5.45. The Bertz CT molecular complexity index is 680. The Balaban J connectivity index is 2.45. The molecular weight excluding hydrogens is 417 g/mol. The van der Waals surface area contributed by atoms with Gasteiger partial charge in [-0.2, -0.15) is 0 Å². The fourth-order valence-corrected chi connectivity index (χ4v) is 3.46. The van der Waals surface area contributed by atoms with Crippen LogP contribution in [0.2, 0.25) is 0 Å². The van der Waals surface area contributed by atoms with E-state index < -0.39 is 0 Å². The van der Waals surface area contributed by atoms with Gasteiger partial charge < -0.3 is 9.30 Å². The van der Waals surface area contributed by atoms with Crippen molar-refractivity contribution in [2.45, 2.75) is 26.8 Å². The summed E-state index contributed by atoms with van der Waals surface area (Å²) in [6, 6.07) is 6.33. The maximum absolute atomic E-state index is 13.0. The van der Waals surface area contributed by atoms with Crippen molar-refractivity contribution in [1.82, 2.24) is 4.57 Å².